The Bertz CT molecular complexity index is 217. The Kier molecular flexibility index (Phi) is 2.62. The molecule has 0 aliphatic rings. The Morgan fingerprint density at radius 3 is 3.00 bits per heavy atom. The first-order valence-electron chi connectivity index (χ1n) is 2.93. The van der Waals surface area contributed by atoms with Gasteiger partial charge in [0.2, 0.25) is 5.95 Å². The second-order valence-corrected chi connectivity index (χ2v) is 2.90. The van der Waals surface area contributed by atoms with Crippen molar-refractivity contribution in [2.75, 3.05) is 5.75 Å². The van der Waals surface area contributed by atoms with E-state index in [-0.39, 0.29) is 0 Å². The van der Waals surface area contributed by atoms with Gasteiger partial charge in [-0.05, 0) is 5.75 Å². The van der Waals surface area contributed by atoms with Crippen LogP contribution in [0.2, 0.25) is 0 Å². The van der Waals surface area contributed by atoms with E-state index in [0.717, 1.165) is 5.75 Å². The number of hydrogen-bond donors (Lipinski definition) is 0. The number of nitrogens with zero attached hydrogens (tertiary/aromatic N) is 2. The van der Waals surface area contributed by atoms with Gasteiger partial charge in [0, 0.05) is 6.07 Å². The maximum absolute atomic E-state index is 12.3. The zero-order chi connectivity index (χ0) is 7.40. The summed E-state index contributed by atoms with van der Waals surface area (Å²) >= 11 is 1.50. The SMILES string of the molecule is CCSc1cc(F)ncn1. The lowest BCUT2D eigenvalue weighted by molar-refractivity contribution is 0.572. The standard InChI is InChI=1S/C6H7FN2S/c1-2-10-6-3-5(7)8-4-9-6/h3-4H,2H2,1H3. The van der Waals surface area contributed by atoms with E-state index in [2.05, 4.69) is 9.97 Å². The molecule has 0 bridgehead atoms. The Balaban J connectivity index is 2.75. The average Bonchev–Trinajstić information content (AvgIpc) is 1.88. The smallest absolute Gasteiger partial charge is 0.217 e. The van der Waals surface area contributed by atoms with Gasteiger partial charge in [0.15, 0.2) is 0 Å². The molecule has 0 N–H and O–H groups in total. The molecule has 1 rings (SSSR count). The molecule has 2 nitrogen and oxygen atoms in total. The van der Waals surface area contributed by atoms with Crippen molar-refractivity contribution in [3.63, 3.8) is 0 Å². The van der Waals surface area contributed by atoms with Gasteiger partial charge >= 0.3 is 0 Å². The summed E-state index contributed by atoms with van der Waals surface area (Å²) in [6, 6.07) is 1.33. The molecule has 0 spiro atoms. The molecule has 0 atom stereocenters. The third-order valence-electron chi connectivity index (χ3n) is 0.901. The predicted octanol–water partition coefficient (Wildman–Crippen LogP) is 1.73. The van der Waals surface area contributed by atoms with Crippen LogP contribution in [0.1, 0.15) is 6.92 Å². The zero-order valence-electron chi connectivity index (χ0n) is 5.54. The van der Waals surface area contributed by atoms with E-state index in [1.807, 2.05) is 6.92 Å². The summed E-state index contributed by atoms with van der Waals surface area (Å²) in [5, 5.41) is 0.690. The van der Waals surface area contributed by atoms with Crippen LogP contribution in [0, 0.1) is 5.95 Å². The maximum Gasteiger partial charge on any atom is 0.217 e. The fraction of sp³-hybridized carbons (Fsp3) is 0.333. The molecular formula is C6H7FN2S. The molecule has 0 saturated carbocycles. The van der Waals surface area contributed by atoms with Crippen LogP contribution in [0.5, 0.6) is 0 Å². The first kappa shape index (κ1) is 7.47. The van der Waals surface area contributed by atoms with Crippen molar-refractivity contribution < 1.29 is 4.39 Å². The van der Waals surface area contributed by atoms with Gasteiger partial charge < -0.3 is 0 Å². The molecule has 1 aromatic rings. The van der Waals surface area contributed by atoms with E-state index < -0.39 is 5.95 Å². The van der Waals surface area contributed by atoms with Crippen LogP contribution < -0.4 is 0 Å². The van der Waals surface area contributed by atoms with Crippen molar-refractivity contribution in [1.82, 2.24) is 9.97 Å². The van der Waals surface area contributed by atoms with Crippen molar-refractivity contribution >= 4 is 11.8 Å². The van der Waals surface area contributed by atoms with Crippen molar-refractivity contribution in [2.45, 2.75) is 11.9 Å². The largest absolute Gasteiger partial charge is 0.230 e. The van der Waals surface area contributed by atoms with Gasteiger partial charge in [0.1, 0.15) is 11.4 Å². The van der Waals surface area contributed by atoms with E-state index in [4.69, 9.17) is 0 Å². The molecule has 4 heteroatoms. The van der Waals surface area contributed by atoms with Crippen molar-refractivity contribution in [1.29, 1.82) is 0 Å². The van der Waals surface area contributed by atoms with Crippen molar-refractivity contribution in [3.05, 3.63) is 18.3 Å². The predicted molar refractivity (Wildman–Crippen MR) is 38.4 cm³/mol. The van der Waals surface area contributed by atoms with E-state index >= 15 is 0 Å². The second-order valence-electron chi connectivity index (χ2n) is 1.61. The number of halogens is 1. The number of thioether (sulfide) groups is 1. The van der Waals surface area contributed by atoms with Gasteiger partial charge in [-0.25, -0.2) is 9.97 Å². The maximum atomic E-state index is 12.3. The minimum Gasteiger partial charge on any atom is -0.230 e. The highest BCUT2D eigenvalue weighted by atomic mass is 32.2. The molecule has 54 valence electrons. The average molecular weight is 158 g/mol. The van der Waals surface area contributed by atoms with Crippen LogP contribution in [0.3, 0.4) is 0 Å². The van der Waals surface area contributed by atoms with Crippen LogP contribution in [0.25, 0.3) is 0 Å². The third kappa shape index (κ3) is 1.95. The Morgan fingerprint density at radius 2 is 2.40 bits per heavy atom. The van der Waals surface area contributed by atoms with Crippen molar-refractivity contribution in [2.24, 2.45) is 0 Å². The van der Waals surface area contributed by atoms with E-state index in [0.29, 0.717) is 5.03 Å². The topological polar surface area (TPSA) is 25.8 Å². The van der Waals surface area contributed by atoms with Crippen LogP contribution >= 0.6 is 11.8 Å². The van der Waals surface area contributed by atoms with Gasteiger partial charge in [-0.3, -0.25) is 0 Å². The molecule has 0 aliphatic carbocycles. The summed E-state index contributed by atoms with van der Waals surface area (Å²) in [6.45, 7) is 1.99. The Labute approximate surface area is 62.9 Å². The van der Waals surface area contributed by atoms with Crippen LogP contribution in [-0.4, -0.2) is 15.7 Å². The quantitative estimate of drug-likeness (QED) is 0.484. The van der Waals surface area contributed by atoms with Gasteiger partial charge in [-0.2, -0.15) is 4.39 Å². The lowest BCUT2D eigenvalue weighted by Gasteiger charge is -1.93. The molecule has 1 heterocycles. The van der Waals surface area contributed by atoms with Gasteiger partial charge in [0.05, 0.1) is 0 Å². The fourth-order valence-corrected chi connectivity index (χ4v) is 1.14. The second kappa shape index (κ2) is 3.51. The number of rotatable bonds is 2. The normalized spacial score (nSPS) is 9.80. The van der Waals surface area contributed by atoms with Gasteiger partial charge in [-0.15, -0.1) is 11.8 Å². The highest BCUT2D eigenvalue weighted by Gasteiger charge is 1.94. The third-order valence-corrected chi connectivity index (χ3v) is 1.71. The molecule has 0 amide bonds. The summed E-state index contributed by atoms with van der Waals surface area (Å²) in [5.41, 5.74) is 0. The Morgan fingerprint density at radius 1 is 1.60 bits per heavy atom. The van der Waals surface area contributed by atoms with Crippen molar-refractivity contribution in [3.8, 4) is 0 Å². The number of aromatic nitrogens is 2. The lowest BCUT2D eigenvalue weighted by Crippen LogP contribution is -1.86. The van der Waals surface area contributed by atoms with E-state index in [1.165, 1.54) is 24.2 Å². The first-order chi connectivity index (χ1) is 4.83. The van der Waals surface area contributed by atoms with E-state index in [9.17, 15) is 4.39 Å². The molecule has 0 saturated heterocycles. The first-order valence-corrected chi connectivity index (χ1v) is 3.92. The number of hydrogen-bond acceptors (Lipinski definition) is 3. The lowest BCUT2D eigenvalue weighted by atomic mass is 10.7. The van der Waals surface area contributed by atoms with Crippen LogP contribution in [0.15, 0.2) is 17.4 Å². The summed E-state index contributed by atoms with van der Waals surface area (Å²) < 4.78 is 12.3. The van der Waals surface area contributed by atoms with Crippen LogP contribution in [-0.2, 0) is 0 Å². The Hall–Kier alpha value is -0.640. The molecule has 0 fully saturated rings. The summed E-state index contributed by atoms with van der Waals surface area (Å²) in [6.07, 6.45) is 1.23. The molecule has 0 radical (unpaired) electrons. The summed E-state index contributed by atoms with van der Waals surface area (Å²) in [4.78, 5) is 7.17. The highest BCUT2D eigenvalue weighted by Crippen LogP contribution is 2.12. The summed E-state index contributed by atoms with van der Waals surface area (Å²) in [5.74, 6) is 0.433. The minimum absolute atomic E-state index is 0.467. The minimum atomic E-state index is -0.467. The highest BCUT2D eigenvalue weighted by molar-refractivity contribution is 7.99. The molecule has 0 aromatic carbocycles. The summed E-state index contributed by atoms with van der Waals surface area (Å²) in [7, 11) is 0. The molecule has 10 heavy (non-hydrogen) atoms. The molecule has 1 aromatic heterocycles. The zero-order valence-corrected chi connectivity index (χ0v) is 6.36. The van der Waals surface area contributed by atoms with Crippen LogP contribution in [0.4, 0.5) is 4.39 Å². The van der Waals surface area contributed by atoms with E-state index in [1.54, 1.807) is 0 Å². The molecule has 0 unspecified atom stereocenters. The van der Waals surface area contributed by atoms with Gasteiger partial charge in [-0.1, -0.05) is 6.92 Å². The fourth-order valence-electron chi connectivity index (χ4n) is 0.544. The monoisotopic (exact) mass is 158 g/mol. The molecule has 0 aliphatic heterocycles. The molecular weight excluding hydrogens is 151 g/mol. The van der Waals surface area contributed by atoms with Gasteiger partial charge in [0.25, 0.3) is 0 Å².